The number of amides is 1. The number of carbonyl (C=O) groups is 1. The van der Waals surface area contributed by atoms with Crippen LogP contribution in [0.4, 0.5) is 0 Å². The summed E-state index contributed by atoms with van der Waals surface area (Å²) < 4.78 is 1.72. The second kappa shape index (κ2) is 8.46. The molecule has 1 amide bonds. The average molecular weight is 315 g/mol. The van der Waals surface area contributed by atoms with Crippen LogP contribution in [0.2, 0.25) is 0 Å². The van der Waals surface area contributed by atoms with E-state index in [1.54, 1.807) is 10.7 Å². The third-order valence-corrected chi connectivity index (χ3v) is 3.96. The zero-order chi connectivity index (χ0) is 16.7. The number of unbranched alkanes of at least 4 members (excludes halogenated alkanes) is 2. The molecule has 1 heterocycles. The summed E-state index contributed by atoms with van der Waals surface area (Å²) in [6, 6.07) is 7.54. The van der Waals surface area contributed by atoms with E-state index in [0.717, 1.165) is 18.4 Å². The molecule has 5 nitrogen and oxygen atoms in total. The van der Waals surface area contributed by atoms with Gasteiger partial charge in [-0.15, -0.1) is 0 Å². The van der Waals surface area contributed by atoms with Crippen LogP contribution in [0.15, 0.2) is 35.3 Å². The van der Waals surface area contributed by atoms with Gasteiger partial charge in [-0.1, -0.05) is 38.3 Å². The first-order chi connectivity index (χ1) is 11.1. The molecule has 0 saturated carbocycles. The molecule has 2 aromatic rings. The van der Waals surface area contributed by atoms with Crippen molar-refractivity contribution >= 4 is 16.8 Å². The topological polar surface area (TPSA) is 64.0 Å². The first-order valence-electron chi connectivity index (χ1n) is 8.36. The minimum Gasteiger partial charge on any atom is -0.354 e. The third kappa shape index (κ3) is 4.91. The minimum absolute atomic E-state index is 0.0265. The monoisotopic (exact) mass is 315 g/mol. The third-order valence-electron chi connectivity index (χ3n) is 3.96. The SMILES string of the molecule is CCCCCC(C)NC(=O)CCn1ncc(=O)c2ccccc21. The summed E-state index contributed by atoms with van der Waals surface area (Å²) in [4.78, 5) is 23.8. The lowest BCUT2D eigenvalue weighted by atomic mass is 10.1. The van der Waals surface area contributed by atoms with E-state index in [1.165, 1.54) is 19.0 Å². The van der Waals surface area contributed by atoms with Crippen LogP contribution in [0, 0.1) is 0 Å². The zero-order valence-corrected chi connectivity index (χ0v) is 13.9. The number of nitrogens with zero attached hydrogens (tertiary/aromatic N) is 2. The Labute approximate surface area is 136 Å². The summed E-state index contributed by atoms with van der Waals surface area (Å²) in [6.45, 7) is 4.68. The molecule has 124 valence electrons. The van der Waals surface area contributed by atoms with Crippen LogP contribution >= 0.6 is 0 Å². The largest absolute Gasteiger partial charge is 0.354 e. The number of rotatable bonds is 8. The number of carbonyl (C=O) groups excluding carboxylic acids is 1. The second-order valence-electron chi connectivity index (χ2n) is 5.96. The summed E-state index contributed by atoms with van der Waals surface area (Å²) in [6.07, 6.45) is 6.22. The number of benzene rings is 1. The molecule has 1 N–H and O–H groups in total. The van der Waals surface area contributed by atoms with Crippen LogP contribution in [0.5, 0.6) is 0 Å². The molecular formula is C18H25N3O2. The first kappa shape index (κ1) is 17.2. The highest BCUT2D eigenvalue weighted by Gasteiger charge is 2.09. The van der Waals surface area contributed by atoms with E-state index < -0.39 is 0 Å². The minimum atomic E-state index is -0.0918. The average Bonchev–Trinajstić information content (AvgIpc) is 2.55. The Bertz CT molecular complexity index is 709. The molecule has 1 unspecified atom stereocenters. The molecule has 1 atom stereocenters. The number of fused-ring (bicyclic) bond motifs is 1. The fraction of sp³-hybridized carbons (Fsp3) is 0.500. The van der Waals surface area contributed by atoms with E-state index >= 15 is 0 Å². The Morgan fingerprint density at radius 1 is 1.30 bits per heavy atom. The van der Waals surface area contributed by atoms with Gasteiger partial charge in [0.2, 0.25) is 11.3 Å². The number of hydrogen-bond acceptors (Lipinski definition) is 3. The van der Waals surface area contributed by atoms with Gasteiger partial charge in [-0.05, 0) is 25.5 Å². The van der Waals surface area contributed by atoms with Crippen molar-refractivity contribution in [2.24, 2.45) is 0 Å². The molecule has 5 heteroatoms. The van der Waals surface area contributed by atoms with Crippen LogP contribution in [-0.2, 0) is 11.3 Å². The van der Waals surface area contributed by atoms with Crippen LogP contribution in [0.3, 0.4) is 0 Å². The maximum Gasteiger partial charge on any atom is 0.222 e. The van der Waals surface area contributed by atoms with Gasteiger partial charge >= 0.3 is 0 Å². The fourth-order valence-corrected chi connectivity index (χ4v) is 2.67. The second-order valence-corrected chi connectivity index (χ2v) is 5.96. The molecular weight excluding hydrogens is 290 g/mol. The summed E-state index contributed by atoms with van der Waals surface area (Å²) in [5.41, 5.74) is 0.676. The van der Waals surface area contributed by atoms with Crippen molar-refractivity contribution in [2.45, 2.75) is 58.5 Å². The molecule has 0 aliphatic carbocycles. The van der Waals surface area contributed by atoms with Gasteiger partial charge in [-0.3, -0.25) is 14.3 Å². The normalized spacial score (nSPS) is 12.3. The summed E-state index contributed by atoms with van der Waals surface area (Å²) in [5, 5.41) is 7.80. The lowest BCUT2D eigenvalue weighted by Crippen LogP contribution is -2.33. The highest BCUT2D eigenvalue weighted by Crippen LogP contribution is 2.08. The highest BCUT2D eigenvalue weighted by molar-refractivity contribution is 5.79. The van der Waals surface area contributed by atoms with E-state index in [1.807, 2.05) is 25.1 Å². The molecule has 0 bridgehead atoms. The molecule has 0 aliphatic rings. The van der Waals surface area contributed by atoms with Crippen LogP contribution in [-0.4, -0.2) is 21.7 Å². The molecule has 23 heavy (non-hydrogen) atoms. The number of para-hydroxylation sites is 1. The van der Waals surface area contributed by atoms with Crippen LogP contribution in [0.1, 0.15) is 46.0 Å². The number of hydrogen-bond donors (Lipinski definition) is 1. The fourth-order valence-electron chi connectivity index (χ4n) is 2.67. The van der Waals surface area contributed by atoms with Gasteiger partial charge in [0.15, 0.2) is 0 Å². The van der Waals surface area contributed by atoms with E-state index in [-0.39, 0.29) is 17.4 Å². The lowest BCUT2D eigenvalue weighted by molar-refractivity contribution is -0.122. The van der Waals surface area contributed by atoms with Crippen molar-refractivity contribution in [2.75, 3.05) is 0 Å². The van der Waals surface area contributed by atoms with Crippen molar-refractivity contribution in [3.63, 3.8) is 0 Å². The predicted octanol–water partition coefficient (Wildman–Crippen LogP) is 2.87. The molecule has 2 rings (SSSR count). The Hall–Kier alpha value is -2.17. The Morgan fingerprint density at radius 3 is 2.87 bits per heavy atom. The van der Waals surface area contributed by atoms with E-state index in [4.69, 9.17) is 0 Å². The van der Waals surface area contributed by atoms with Crippen LogP contribution in [0.25, 0.3) is 10.9 Å². The zero-order valence-electron chi connectivity index (χ0n) is 13.9. The maximum absolute atomic E-state index is 12.0. The Balaban J connectivity index is 1.92. The highest BCUT2D eigenvalue weighted by atomic mass is 16.1. The van der Waals surface area contributed by atoms with Crippen molar-refractivity contribution < 1.29 is 4.79 Å². The molecule has 1 aromatic heterocycles. The molecule has 0 aliphatic heterocycles. The summed E-state index contributed by atoms with van der Waals surface area (Å²) >= 11 is 0. The van der Waals surface area contributed by atoms with Crippen molar-refractivity contribution in [3.8, 4) is 0 Å². The van der Waals surface area contributed by atoms with Crippen LogP contribution < -0.4 is 10.7 Å². The quantitative estimate of drug-likeness (QED) is 0.762. The standard InChI is InChI=1S/C18H25N3O2/c1-3-4-5-8-14(2)20-18(23)11-12-21-16-10-7-6-9-15(16)17(22)13-19-21/h6-7,9-10,13-14H,3-5,8,11-12H2,1-2H3,(H,20,23). The van der Waals surface area contributed by atoms with Crippen molar-refractivity contribution in [1.29, 1.82) is 0 Å². The van der Waals surface area contributed by atoms with Gasteiger partial charge in [0.25, 0.3) is 0 Å². The van der Waals surface area contributed by atoms with Gasteiger partial charge in [0.05, 0.1) is 18.3 Å². The van der Waals surface area contributed by atoms with E-state index in [2.05, 4.69) is 17.3 Å². The predicted molar refractivity (Wildman–Crippen MR) is 92.4 cm³/mol. The number of aromatic nitrogens is 2. The van der Waals surface area contributed by atoms with Gasteiger partial charge in [0, 0.05) is 17.8 Å². The first-order valence-corrected chi connectivity index (χ1v) is 8.36. The maximum atomic E-state index is 12.0. The lowest BCUT2D eigenvalue weighted by Gasteiger charge is -2.14. The van der Waals surface area contributed by atoms with Crippen molar-refractivity contribution in [3.05, 3.63) is 40.7 Å². The summed E-state index contributed by atoms with van der Waals surface area (Å²) in [5.74, 6) is 0.0265. The molecule has 1 aromatic carbocycles. The van der Waals surface area contributed by atoms with Crippen molar-refractivity contribution in [1.82, 2.24) is 15.1 Å². The Morgan fingerprint density at radius 2 is 2.09 bits per heavy atom. The Kier molecular flexibility index (Phi) is 6.32. The number of nitrogens with one attached hydrogen (secondary N) is 1. The molecule has 0 saturated heterocycles. The van der Waals surface area contributed by atoms with E-state index in [9.17, 15) is 9.59 Å². The molecule has 0 fully saturated rings. The molecule has 0 spiro atoms. The van der Waals surface area contributed by atoms with Gasteiger partial charge < -0.3 is 5.32 Å². The van der Waals surface area contributed by atoms with Gasteiger partial charge in [-0.2, -0.15) is 5.10 Å². The summed E-state index contributed by atoms with van der Waals surface area (Å²) in [7, 11) is 0. The van der Waals surface area contributed by atoms with Gasteiger partial charge in [0.1, 0.15) is 0 Å². The molecule has 0 radical (unpaired) electrons. The smallest absolute Gasteiger partial charge is 0.222 e. The number of aryl methyl sites for hydroxylation is 1. The van der Waals surface area contributed by atoms with Gasteiger partial charge in [-0.25, -0.2) is 0 Å². The van der Waals surface area contributed by atoms with E-state index in [0.29, 0.717) is 18.4 Å².